The third kappa shape index (κ3) is 4.33. The number of hydrogen-bond acceptors (Lipinski definition) is 5. The van der Waals surface area contributed by atoms with E-state index in [1.807, 2.05) is 6.07 Å². The fourth-order valence-corrected chi connectivity index (χ4v) is 2.52. The number of anilines is 1. The molecule has 0 aliphatic rings. The molecular formula is C18H12IN3O4. The topological polar surface area (TPSA) is 98.3 Å². The molecule has 130 valence electrons. The molecule has 8 heteroatoms. The van der Waals surface area contributed by atoms with Crippen molar-refractivity contribution in [2.24, 2.45) is 0 Å². The van der Waals surface area contributed by atoms with Crippen molar-refractivity contribution >= 4 is 46.1 Å². The molecule has 0 spiro atoms. The number of rotatable bonds is 5. The summed E-state index contributed by atoms with van der Waals surface area (Å²) < 4.78 is 6.56. The van der Waals surface area contributed by atoms with E-state index in [4.69, 9.17) is 4.42 Å². The van der Waals surface area contributed by atoms with Crippen LogP contribution in [0.5, 0.6) is 0 Å². The van der Waals surface area contributed by atoms with Gasteiger partial charge in [0, 0.05) is 21.9 Å². The van der Waals surface area contributed by atoms with Gasteiger partial charge in [0.15, 0.2) is 0 Å². The lowest BCUT2D eigenvalue weighted by molar-refractivity contribution is -0.384. The van der Waals surface area contributed by atoms with Crippen LogP contribution in [-0.4, -0.2) is 15.8 Å². The van der Waals surface area contributed by atoms with Gasteiger partial charge in [0.05, 0.1) is 10.5 Å². The number of carbonyl (C=O) groups is 1. The monoisotopic (exact) mass is 461 g/mol. The number of nitrogens with one attached hydrogen (secondary N) is 1. The molecule has 0 aliphatic heterocycles. The summed E-state index contributed by atoms with van der Waals surface area (Å²) in [7, 11) is 0. The standard InChI is InChI=1S/C18H12IN3O4/c19-12-5-9-17(20-11-12)21-18(23)10-7-13-6-8-16(26-13)14-3-1-2-4-15(14)22(24)25/h1-11H,(H,20,21,23)/b10-7+. The van der Waals surface area contributed by atoms with Crippen molar-refractivity contribution in [3.63, 3.8) is 0 Å². The molecule has 0 saturated heterocycles. The van der Waals surface area contributed by atoms with E-state index >= 15 is 0 Å². The van der Waals surface area contributed by atoms with E-state index in [0.29, 0.717) is 22.9 Å². The molecule has 0 saturated carbocycles. The van der Waals surface area contributed by atoms with Crippen molar-refractivity contribution in [1.29, 1.82) is 0 Å². The Bertz CT molecular complexity index is 980. The highest BCUT2D eigenvalue weighted by molar-refractivity contribution is 14.1. The number of nitro benzene ring substituents is 1. The zero-order valence-electron chi connectivity index (χ0n) is 13.3. The Morgan fingerprint density at radius 1 is 1.19 bits per heavy atom. The summed E-state index contributed by atoms with van der Waals surface area (Å²) in [5, 5.41) is 13.7. The molecule has 3 rings (SSSR count). The molecule has 0 bridgehead atoms. The zero-order valence-corrected chi connectivity index (χ0v) is 15.4. The molecular weight excluding hydrogens is 449 g/mol. The van der Waals surface area contributed by atoms with Crippen molar-refractivity contribution in [3.05, 3.63) is 80.2 Å². The van der Waals surface area contributed by atoms with Crippen LogP contribution in [0.1, 0.15) is 5.76 Å². The molecule has 0 aliphatic carbocycles. The van der Waals surface area contributed by atoms with E-state index in [9.17, 15) is 14.9 Å². The van der Waals surface area contributed by atoms with E-state index in [-0.39, 0.29) is 11.6 Å². The summed E-state index contributed by atoms with van der Waals surface area (Å²) in [6, 6.07) is 13.1. The van der Waals surface area contributed by atoms with Gasteiger partial charge in [0.2, 0.25) is 5.91 Å². The Morgan fingerprint density at radius 3 is 2.73 bits per heavy atom. The van der Waals surface area contributed by atoms with Gasteiger partial charge < -0.3 is 9.73 Å². The van der Waals surface area contributed by atoms with Crippen LogP contribution in [-0.2, 0) is 4.79 Å². The first-order chi connectivity index (χ1) is 12.5. The molecule has 0 atom stereocenters. The van der Waals surface area contributed by atoms with Crippen LogP contribution >= 0.6 is 22.6 Å². The Morgan fingerprint density at radius 2 is 2.00 bits per heavy atom. The van der Waals surface area contributed by atoms with Crippen molar-refractivity contribution in [1.82, 2.24) is 4.98 Å². The number of carbonyl (C=O) groups excluding carboxylic acids is 1. The number of nitrogens with zero attached hydrogens (tertiary/aromatic N) is 2. The van der Waals surface area contributed by atoms with Crippen molar-refractivity contribution in [2.75, 3.05) is 5.32 Å². The third-order valence-corrected chi connectivity index (χ3v) is 4.01. The van der Waals surface area contributed by atoms with Gasteiger partial charge in [0.25, 0.3) is 5.69 Å². The van der Waals surface area contributed by atoms with E-state index in [1.165, 1.54) is 18.2 Å². The number of para-hydroxylation sites is 1. The number of aromatic nitrogens is 1. The van der Waals surface area contributed by atoms with Gasteiger partial charge in [-0.1, -0.05) is 12.1 Å². The molecule has 0 fully saturated rings. The predicted octanol–water partition coefficient (Wildman–Crippen LogP) is 4.51. The summed E-state index contributed by atoms with van der Waals surface area (Å²) in [5.41, 5.74) is 0.338. The van der Waals surface area contributed by atoms with Gasteiger partial charge in [-0.15, -0.1) is 0 Å². The number of benzene rings is 1. The second-order valence-corrected chi connectivity index (χ2v) is 6.41. The van der Waals surface area contributed by atoms with Crippen LogP contribution in [0.25, 0.3) is 17.4 Å². The van der Waals surface area contributed by atoms with Crippen LogP contribution < -0.4 is 5.32 Å². The lowest BCUT2D eigenvalue weighted by Crippen LogP contribution is -2.08. The Hall–Kier alpha value is -3.01. The molecule has 2 heterocycles. The van der Waals surface area contributed by atoms with Crippen LogP contribution in [0.2, 0.25) is 0 Å². The largest absolute Gasteiger partial charge is 0.456 e. The van der Waals surface area contributed by atoms with Gasteiger partial charge >= 0.3 is 0 Å². The number of nitro groups is 1. The summed E-state index contributed by atoms with van der Waals surface area (Å²) in [4.78, 5) is 26.6. The number of amides is 1. The first kappa shape index (κ1) is 17.8. The number of furan rings is 1. The van der Waals surface area contributed by atoms with Gasteiger partial charge in [-0.25, -0.2) is 4.98 Å². The number of halogens is 1. The fraction of sp³-hybridized carbons (Fsp3) is 0. The normalized spacial score (nSPS) is 10.8. The van der Waals surface area contributed by atoms with Gasteiger partial charge in [0.1, 0.15) is 17.3 Å². The first-order valence-electron chi connectivity index (χ1n) is 7.47. The summed E-state index contributed by atoms with van der Waals surface area (Å²) in [5.74, 6) is 0.850. The molecule has 1 N–H and O–H groups in total. The first-order valence-corrected chi connectivity index (χ1v) is 8.55. The highest BCUT2D eigenvalue weighted by Gasteiger charge is 2.16. The van der Waals surface area contributed by atoms with E-state index in [1.54, 1.807) is 42.6 Å². The molecule has 1 amide bonds. The van der Waals surface area contributed by atoms with E-state index in [2.05, 4.69) is 32.9 Å². The van der Waals surface area contributed by atoms with Crippen LogP contribution in [0.15, 0.2) is 65.2 Å². The highest BCUT2D eigenvalue weighted by atomic mass is 127. The van der Waals surface area contributed by atoms with Crippen LogP contribution in [0.4, 0.5) is 11.5 Å². The van der Waals surface area contributed by atoms with Crippen LogP contribution in [0, 0.1) is 13.7 Å². The lowest BCUT2D eigenvalue weighted by atomic mass is 10.1. The van der Waals surface area contributed by atoms with Gasteiger partial charge in [-0.05, 0) is 59.0 Å². The number of pyridine rings is 1. The quantitative estimate of drug-likeness (QED) is 0.261. The highest BCUT2D eigenvalue weighted by Crippen LogP contribution is 2.31. The minimum Gasteiger partial charge on any atom is -0.456 e. The average molecular weight is 461 g/mol. The molecule has 7 nitrogen and oxygen atoms in total. The smallest absolute Gasteiger partial charge is 0.280 e. The molecule has 26 heavy (non-hydrogen) atoms. The third-order valence-electron chi connectivity index (χ3n) is 3.37. The van der Waals surface area contributed by atoms with E-state index < -0.39 is 4.92 Å². The SMILES string of the molecule is O=C(/C=C/c1ccc(-c2ccccc2[N+](=O)[O-])o1)Nc1ccc(I)cn1. The van der Waals surface area contributed by atoms with Crippen molar-refractivity contribution < 1.29 is 14.1 Å². The maximum Gasteiger partial charge on any atom is 0.280 e. The molecule has 3 aromatic rings. The number of hydrogen-bond donors (Lipinski definition) is 1. The molecule has 1 aromatic carbocycles. The second-order valence-electron chi connectivity index (χ2n) is 5.16. The van der Waals surface area contributed by atoms with Crippen LogP contribution in [0.3, 0.4) is 0 Å². The van der Waals surface area contributed by atoms with Crippen molar-refractivity contribution in [3.8, 4) is 11.3 Å². The van der Waals surface area contributed by atoms with Gasteiger partial charge in [-0.2, -0.15) is 0 Å². The minimum atomic E-state index is -0.463. The van der Waals surface area contributed by atoms with Crippen molar-refractivity contribution in [2.45, 2.75) is 0 Å². The average Bonchev–Trinajstić information content (AvgIpc) is 3.11. The summed E-state index contributed by atoms with van der Waals surface area (Å²) in [6.07, 6.45) is 4.44. The van der Waals surface area contributed by atoms with Gasteiger partial charge in [-0.3, -0.25) is 14.9 Å². The lowest BCUT2D eigenvalue weighted by Gasteiger charge is -2.00. The molecule has 2 aromatic heterocycles. The maximum atomic E-state index is 11.9. The summed E-state index contributed by atoms with van der Waals surface area (Å²) in [6.45, 7) is 0. The summed E-state index contributed by atoms with van der Waals surface area (Å²) >= 11 is 2.12. The predicted molar refractivity (Wildman–Crippen MR) is 105 cm³/mol. The maximum absolute atomic E-state index is 11.9. The van der Waals surface area contributed by atoms with E-state index in [0.717, 1.165) is 3.57 Å². The second kappa shape index (κ2) is 7.91. The fourth-order valence-electron chi connectivity index (χ4n) is 2.20. The zero-order chi connectivity index (χ0) is 18.5. The Kier molecular flexibility index (Phi) is 5.42. The Labute approximate surface area is 162 Å². The minimum absolute atomic E-state index is 0.0418. The molecule has 0 radical (unpaired) electrons. The Balaban J connectivity index is 1.72. The molecule has 0 unspecified atom stereocenters.